The second-order valence-corrected chi connectivity index (χ2v) is 2.37. The molecule has 0 bridgehead atoms. The highest BCUT2D eigenvalue weighted by molar-refractivity contribution is 5.86. The van der Waals surface area contributed by atoms with E-state index in [1.165, 1.54) is 0 Å². The fourth-order valence-corrected chi connectivity index (χ4v) is 0.537. The van der Waals surface area contributed by atoms with Gasteiger partial charge in [0.2, 0.25) is 0 Å². The maximum Gasteiger partial charge on any atom is 0.333 e. The van der Waals surface area contributed by atoms with Gasteiger partial charge in [0.05, 0.1) is 6.61 Å². The maximum absolute atomic E-state index is 10.8. The summed E-state index contributed by atoms with van der Waals surface area (Å²) in [5, 5.41) is 2.96. The van der Waals surface area contributed by atoms with Gasteiger partial charge in [0.15, 0.2) is 0 Å². The highest BCUT2D eigenvalue weighted by Gasteiger charge is 2.00. The van der Waals surface area contributed by atoms with Crippen molar-refractivity contribution in [2.24, 2.45) is 0 Å². The molecule has 0 radical (unpaired) electrons. The first-order valence-corrected chi connectivity index (χ1v) is 3.65. The number of ether oxygens (including phenoxy) is 1. The van der Waals surface area contributed by atoms with E-state index in [1.54, 1.807) is 6.92 Å². The average molecular weight is 194 g/mol. The molecule has 0 aliphatic carbocycles. The Bertz CT molecular complexity index is 148. The zero-order valence-electron chi connectivity index (χ0n) is 7.55. The molecule has 0 saturated carbocycles. The summed E-state index contributed by atoms with van der Waals surface area (Å²) in [4.78, 5) is 10.8. The smallest absolute Gasteiger partial charge is 0.333 e. The summed E-state index contributed by atoms with van der Waals surface area (Å²) in [5.74, 6) is -0.305. The van der Waals surface area contributed by atoms with Gasteiger partial charge >= 0.3 is 5.97 Å². The number of nitrogens with one attached hydrogen (secondary N) is 1. The van der Waals surface area contributed by atoms with Crippen molar-refractivity contribution in [3.63, 3.8) is 0 Å². The van der Waals surface area contributed by atoms with E-state index in [9.17, 15) is 4.79 Å². The Morgan fingerprint density at radius 1 is 1.58 bits per heavy atom. The molecule has 0 aromatic heterocycles. The number of esters is 1. The maximum atomic E-state index is 10.8. The molecule has 12 heavy (non-hydrogen) atoms. The molecule has 0 aromatic rings. The molecule has 0 atom stereocenters. The Kier molecular flexibility index (Phi) is 9.99. The molecule has 0 rings (SSSR count). The minimum Gasteiger partial charge on any atom is -0.462 e. The van der Waals surface area contributed by atoms with Crippen LogP contribution >= 0.6 is 12.4 Å². The van der Waals surface area contributed by atoms with E-state index in [4.69, 9.17) is 4.74 Å². The van der Waals surface area contributed by atoms with Crippen LogP contribution in [0.1, 0.15) is 13.3 Å². The molecular weight excluding hydrogens is 178 g/mol. The Morgan fingerprint density at radius 2 is 2.17 bits per heavy atom. The quantitative estimate of drug-likeness (QED) is 0.404. The minimum atomic E-state index is -0.305. The van der Waals surface area contributed by atoms with E-state index >= 15 is 0 Å². The van der Waals surface area contributed by atoms with Crippen molar-refractivity contribution in [1.82, 2.24) is 5.32 Å². The molecule has 4 heteroatoms. The van der Waals surface area contributed by atoms with Gasteiger partial charge in [-0.1, -0.05) is 6.58 Å². The van der Waals surface area contributed by atoms with Crippen molar-refractivity contribution >= 4 is 18.4 Å². The molecule has 0 saturated heterocycles. The van der Waals surface area contributed by atoms with Gasteiger partial charge in [0.25, 0.3) is 0 Å². The van der Waals surface area contributed by atoms with Gasteiger partial charge in [-0.15, -0.1) is 12.4 Å². The number of carbonyl (C=O) groups is 1. The third kappa shape index (κ3) is 7.57. The number of halogens is 1. The summed E-state index contributed by atoms with van der Waals surface area (Å²) in [5.41, 5.74) is 0.453. The van der Waals surface area contributed by atoms with Gasteiger partial charge < -0.3 is 10.1 Å². The molecule has 1 N–H and O–H groups in total. The lowest BCUT2D eigenvalue weighted by molar-refractivity contribution is -0.138. The first kappa shape index (κ1) is 14.0. The summed E-state index contributed by atoms with van der Waals surface area (Å²) in [6.07, 6.45) is 0.843. The van der Waals surface area contributed by atoms with Crippen LogP contribution in [0.3, 0.4) is 0 Å². The molecule has 0 heterocycles. The predicted molar refractivity (Wildman–Crippen MR) is 51.6 cm³/mol. The van der Waals surface area contributed by atoms with Crippen molar-refractivity contribution in [3.05, 3.63) is 12.2 Å². The van der Waals surface area contributed by atoms with Crippen molar-refractivity contribution in [2.75, 3.05) is 20.2 Å². The molecule has 0 amide bonds. The minimum absolute atomic E-state index is 0. The van der Waals surface area contributed by atoms with Crippen LogP contribution in [0, 0.1) is 0 Å². The Balaban J connectivity index is 0. The second-order valence-electron chi connectivity index (χ2n) is 2.37. The van der Waals surface area contributed by atoms with Gasteiger partial charge in [0.1, 0.15) is 0 Å². The standard InChI is InChI=1S/C8H15NO2.ClH/c1-7(2)8(10)11-6-4-5-9-3;/h9H,1,4-6H2,2-3H3;1H. The Morgan fingerprint density at radius 3 is 2.58 bits per heavy atom. The van der Waals surface area contributed by atoms with Crippen LogP contribution in [0.2, 0.25) is 0 Å². The number of carbonyl (C=O) groups excluding carboxylic acids is 1. The summed E-state index contributed by atoms with van der Waals surface area (Å²) in [6.45, 7) is 6.43. The van der Waals surface area contributed by atoms with E-state index in [0.717, 1.165) is 13.0 Å². The van der Waals surface area contributed by atoms with Crippen LogP contribution in [-0.2, 0) is 9.53 Å². The third-order valence-corrected chi connectivity index (χ3v) is 1.15. The second kappa shape index (κ2) is 8.56. The van der Waals surface area contributed by atoms with Crippen LogP contribution < -0.4 is 5.32 Å². The lowest BCUT2D eigenvalue weighted by Gasteiger charge is -2.02. The highest BCUT2D eigenvalue weighted by atomic mass is 35.5. The Hall–Kier alpha value is -0.540. The lowest BCUT2D eigenvalue weighted by Crippen LogP contribution is -2.13. The summed E-state index contributed by atoms with van der Waals surface area (Å²) >= 11 is 0. The van der Waals surface area contributed by atoms with Crippen molar-refractivity contribution in [2.45, 2.75) is 13.3 Å². The Labute approximate surface area is 79.6 Å². The van der Waals surface area contributed by atoms with Crippen molar-refractivity contribution in [3.8, 4) is 0 Å². The zero-order valence-corrected chi connectivity index (χ0v) is 8.37. The first-order valence-electron chi connectivity index (χ1n) is 3.65. The molecule has 0 aromatic carbocycles. The molecule has 0 spiro atoms. The SMILES string of the molecule is C=C(C)C(=O)OCCCNC.Cl. The largest absolute Gasteiger partial charge is 0.462 e. The lowest BCUT2D eigenvalue weighted by atomic mass is 10.3. The monoisotopic (exact) mass is 193 g/mol. The summed E-state index contributed by atoms with van der Waals surface area (Å²) in [6, 6.07) is 0. The third-order valence-electron chi connectivity index (χ3n) is 1.15. The summed E-state index contributed by atoms with van der Waals surface area (Å²) in [7, 11) is 1.86. The van der Waals surface area contributed by atoms with Gasteiger partial charge in [-0.25, -0.2) is 4.79 Å². The van der Waals surface area contributed by atoms with Gasteiger partial charge in [-0.2, -0.15) is 0 Å². The highest BCUT2D eigenvalue weighted by Crippen LogP contribution is 1.92. The molecule has 0 fully saturated rings. The average Bonchev–Trinajstić information content (AvgIpc) is 1.97. The molecular formula is C8H16ClNO2. The van der Waals surface area contributed by atoms with Gasteiger partial charge in [-0.3, -0.25) is 0 Å². The van der Waals surface area contributed by atoms with E-state index in [1.807, 2.05) is 7.05 Å². The van der Waals surface area contributed by atoms with Crippen LogP contribution in [0.4, 0.5) is 0 Å². The molecule has 72 valence electrons. The van der Waals surface area contributed by atoms with Gasteiger partial charge in [0, 0.05) is 5.57 Å². The molecule has 3 nitrogen and oxygen atoms in total. The first-order chi connectivity index (χ1) is 5.18. The predicted octanol–water partition coefficient (Wildman–Crippen LogP) is 1.14. The van der Waals surface area contributed by atoms with Gasteiger partial charge in [-0.05, 0) is 26.9 Å². The molecule has 0 aliphatic heterocycles. The molecule has 0 aliphatic rings. The number of hydrogen-bond donors (Lipinski definition) is 1. The zero-order chi connectivity index (χ0) is 8.69. The van der Waals surface area contributed by atoms with Crippen LogP contribution in [-0.4, -0.2) is 26.2 Å². The number of rotatable bonds is 5. The van der Waals surface area contributed by atoms with E-state index in [0.29, 0.717) is 12.2 Å². The van der Waals surface area contributed by atoms with E-state index in [2.05, 4.69) is 11.9 Å². The van der Waals surface area contributed by atoms with Crippen molar-refractivity contribution in [1.29, 1.82) is 0 Å². The molecule has 0 unspecified atom stereocenters. The van der Waals surface area contributed by atoms with Crippen LogP contribution in [0.15, 0.2) is 12.2 Å². The number of hydrogen-bond acceptors (Lipinski definition) is 3. The van der Waals surface area contributed by atoms with Crippen molar-refractivity contribution < 1.29 is 9.53 Å². The fourth-order valence-electron chi connectivity index (χ4n) is 0.537. The van der Waals surface area contributed by atoms with E-state index < -0.39 is 0 Å². The normalized spacial score (nSPS) is 8.50. The summed E-state index contributed by atoms with van der Waals surface area (Å²) < 4.78 is 4.83. The van der Waals surface area contributed by atoms with Crippen LogP contribution in [0.25, 0.3) is 0 Å². The van der Waals surface area contributed by atoms with Crippen LogP contribution in [0.5, 0.6) is 0 Å². The topological polar surface area (TPSA) is 38.3 Å². The fraction of sp³-hybridized carbons (Fsp3) is 0.625. The van der Waals surface area contributed by atoms with E-state index in [-0.39, 0.29) is 18.4 Å².